The molecular weight excluding hydrogens is 258 g/mol. The smallest absolute Gasteiger partial charge is 0.206 e. The molecule has 20 heavy (non-hydrogen) atoms. The van der Waals surface area contributed by atoms with Crippen molar-refractivity contribution in [1.29, 1.82) is 0 Å². The summed E-state index contributed by atoms with van der Waals surface area (Å²) in [6.45, 7) is 4.37. The Balaban J connectivity index is 2.39. The van der Waals surface area contributed by atoms with E-state index in [1.165, 1.54) is 0 Å². The van der Waals surface area contributed by atoms with Crippen LogP contribution in [-0.4, -0.2) is 32.7 Å². The van der Waals surface area contributed by atoms with E-state index in [4.69, 9.17) is 15.7 Å². The van der Waals surface area contributed by atoms with Gasteiger partial charge in [0.2, 0.25) is 5.84 Å². The Bertz CT molecular complexity index is 648. The first-order valence-electron chi connectivity index (χ1n) is 6.06. The molecule has 0 spiro atoms. The molecule has 7 heteroatoms. The molecule has 2 heterocycles. The van der Waals surface area contributed by atoms with Crippen molar-refractivity contribution in [3.63, 3.8) is 0 Å². The van der Waals surface area contributed by atoms with E-state index in [1.54, 1.807) is 30.3 Å². The van der Waals surface area contributed by atoms with Crippen LogP contribution in [0.5, 0.6) is 5.75 Å². The van der Waals surface area contributed by atoms with Gasteiger partial charge in [0.25, 0.3) is 0 Å². The van der Waals surface area contributed by atoms with Crippen LogP contribution >= 0.6 is 0 Å². The van der Waals surface area contributed by atoms with E-state index < -0.39 is 0 Å². The predicted octanol–water partition coefficient (Wildman–Crippen LogP) is 1.05. The zero-order chi connectivity index (χ0) is 14.7. The molecule has 0 atom stereocenters. The normalized spacial score (nSPS) is 11.7. The van der Waals surface area contributed by atoms with Gasteiger partial charge in [-0.1, -0.05) is 5.16 Å². The van der Waals surface area contributed by atoms with Crippen molar-refractivity contribution in [3.05, 3.63) is 41.2 Å². The summed E-state index contributed by atoms with van der Waals surface area (Å²) in [7, 11) is 1.64. The minimum atomic E-state index is -0.0354. The largest absolute Gasteiger partial charge is 0.496 e. The SMILES string of the molecule is COc1c(C)cnc(Cn2ccnc2/C(N)=N/O)c1C. The third kappa shape index (κ3) is 2.42. The molecule has 0 radical (unpaired) electrons. The monoisotopic (exact) mass is 275 g/mol. The molecule has 0 unspecified atom stereocenters. The molecular formula is C13H17N5O2. The number of rotatable bonds is 4. The number of hydrogen-bond acceptors (Lipinski definition) is 5. The molecule has 0 saturated carbocycles. The Morgan fingerprint density at radius 2 is 2.20 bits per heavy atom. The lowest BCUT2D eigenvalue weighted by Crippen LogP contribution is -2.20. The molecule has 0 bridgehead atoms. The molecule has 2 aromatic heterocycles. The van der Waals surface area contributed by atoms with Crippen LogP contribution in [0.15, 0.2) is 23.7 Å². The van der Waals surface area contributed by atoms with Gasteiger partial charge in [-0.3, -0.25) is 4.98 Å². The Morgan fingerprint density at radius 3 is 2.85 bits per heavy atom. The summed E-state index contributed by atoms with van der Waals surface area (Å²) in [5.74, 6) is 1.18. The number of nitrogens with zero attached hydrogens (tertiary/aromatic N) is 4. The number of ether oxygens (including phenoxy) is 1. The van der Waals surface area contributed by atoms with E-state index >= 15 is 0 Å². The maximum absolute atomic E-state index is 8.74. The molecule has 0 aliphatic rings. The number of methoxy groups -OCH3 is 1. The lowest BCUT2D eigenvalue weighted by molar-refractivity contribution is 0.318. The van der Waals surface area contributed by atoms with Crippen LogP contribution in [0.25, 0.3) is 0 Å². The molecule has 106 valence electrons. The van der Waals surface area contributed by atoms with Gasteiger partial charge in [-0.2, -0.15) is 0 Å². The van der Waals surface area contributed by atoms with Crippen molar-refractivity contribution in [2.24, 2.45) is 10.9 Å². The second kappa shape index (κ2) is 5.60. The summed E-state index contributed by atoms with van der Waals surface area (Å²) in [4.78, 5) is 8.48. The van der Waals surface area contributed by atoms with Gasteiger partial charge in [0, 0.05) is 29.7 Å². The Morgan fingerprint density at radius 1 is 1.45 bits per heavy atom. The van der Waals surface area contributed by atoms with Gasteiger partial charge >= 0.3 is 0 Å². The van der Waals surface area contributed by atoms with Crippen LogP contribution in [0.1, 0.15) is 22.6 Å². The molecule has 0 aliphatic heterocycles. The van der Waals surface area contributed by atoms with Gasteiger partial charge in [-0.05, 0) is 13.8 Å². The lowest BCUT2D eigenvalue weighted by atomic mass is 10.1. The lowest BCUT2D eigenvalue weighted by Gasteiger charge is -2.13. The van der Waals surface area contributed by atoms with E-state index in [0.717, 1.165) is 22.6 Å². The Hall–Kier alpha value is -2.57. The highest BCUT2D eigenvalue weighted by Crippen LogP contribution is 2.24. The van der Waals surface area contributed by atoms with Crippen LogP contribution < -0.4 is 10.5 Å². The first-order valence-corrected chi connectivity index (χ1v) is 6.06. The number of aromatic nitrogens is 3. The van der Waals surface area contributed by atoms with Crippen LogP contribution in [0, 0.1) is 13.8 Å². The number of hydrogen-bond donors (Lipinski definition) is 2. The topological polar surface area (TPSA) is 98.5 Å². The first kappa shape index (κ1) is 13.9. The van der Waals surface area contributed by atoms with Crippen molar-refractivity contribution in [2.45, 2.75) is 20.4 Å². The number of oxime groups is 1. The number of nitrogens with two attached hydrogens (primary N) is 1. The zero-order valence-electron chi connectivity index (χ0n) is 11.7. The molecule has 2 aromatic rings. The van der Waals surface area contributed by atoms with E-state index in [0.29, 0.717) is 12.4 Å². The predicted molar refractivity (Wildman–Crippen MR) is 74.1 cm³/mol. The third-order valence-electron chi connectivity index (χ3n) is 3.12. The number of aryl methyl sites for hydroxylation is 1. The highest BCUT2D eigenvalue weighted by molar-refractivity contribution is 5.93. The summed E-state index contributed by atoms with van der Waals surface area (Å²) >= 11 is 0. The van der Waals surface area contributed by atoms with Gasteiger partial charge in [-0.15, -0.1) is 0 Å². The van der Waals surface area contributed by atoms with Gasteiger partial charge in [-0.25, -0.2) is 4.98 Å². The maximum Gasteiger partial charge on any atom is 0.206 e. The molecule has 3 N–H and O–H groups in total. The molecule has 2 rings (SSSR count). The molecule has 0 aliphatic carbocycles. The van der Waals surface area contributed by atoms with Crippen LogP contribution in [0.2, 0.25) is 0 Å². The molecule has 0 saturated heterocycles. The van der Waals surface area contributed by atoms with Crippen LogP contribution in [0.4, 0.5) is 0 Å². The minimum Gasteiger partial charge on any atom is -0.496 e. The fourth-order valence-corrected chi connectivity index (χ4v) is 2.11. The minimum absolute atomic E-state index is 0.0354. The second-order valence-corrected chi connectivity index (χ2v) is 4.41. The highest BCUT2D eigenvalue weighted by atomic mass is 16.5. The summed E-state index contributed by atoms with van der Waals surface area (Å²) in [6, 6.07) is 0. The number of amidine groups is 1. The zero-order valence-corrected chi connectivity index (χ0v) is 11.7. The quantitative estimate of drug-likeness (QED) is 0.376. The van der Waals surface area contributed by atoms with Crippen molar-refractivity contribution in [2.75, 3.05) is 7.11 Å². The van der Waals surface area contributed by atoms with Gasteiger partial charge in [0.1, 0.15) is 5.75 Å². The first-order chi connectivity index (χ1) is 9.58. The van der Waals surface area contributed by atoms with Crippen molar-refractivity contribution in [3.8, 4) is 5.75 Å². The van der Waals surface area contributed by atoms with Gasteiger partial charge < -0.3 is 20.2 Å². The third-order valence-corrected chi connectivity index (χ3v) is 3.12. The fraction of sp³-hybridized carbons (Fsp3) is 0.308. The second-order valence-electron chi connectivity index (χ2n) is 4.41. The van der Waals surface area contributed by atoms with E-state index in [9.17, 15) is 0 Å². The number of imidazole rings is 1. The van der Waals surface area contributed by atoms with Crippen LogP contribution in [0.3, 0.4) is 0 Å². The van der Waals surface area contributed by atoms with Crippen molar-refractivity contribution in [1.82, 2.24) is 14.5 Å². The molecule has 0 aromatic carbocycles. The summed E-state index contributed by atoms with van der Waals surface area (Å²) in [5.41, 5.74) is 8.37. The molecule has 7 nitrogen and oxygen atoms in total. The Labute approximate surface area is 116 Å². The highest BCUT2D eigenvalue weighted by Gasteiger charge is 2.13. The fourth-order valence-electron chi connectivity index (χ4n) is 2.11. The average Bonchev–Trinajstić information content (AvgIpc) is 2.90. The molecule has 0 amide bonds. The van der Waals surface area contributed by atoms with E-state index in [2.05, 4.69) is 15.1 Å². The maximum atomic E-state index is 8.74. The average molecular weight is 275 g/mol. The van der Waals surface area contributed by atoms with E-state index in [1.807, 2.05) is 13.8 Å². The van der Waals surface area contributed by atoms with Crippen molar-refractivity contribution < 1.29 is 9.94 Å². The number of pyridine rings is 1. The summed E-state index contributed by atoms with van der Waals surface area (Å²) in [6.07, 6.45) is 5.11. The van der Waals surface area contributed by atoms with Crippen LogP contribution in [-0.2, 0) is 6.54 Å². The Kier molecular flexibility index (Phi) is 3.88. The molecule has 0 fully saturated rings. The van der Waals surface area contributed by atoms with E-state index in [-0.39, 0.29) is 5.84 Å². The standard InChI is InChI=1S/C13H17N5O2/c1-8-6-16-10(9(2)11(8)20-3)7-18-5-4-15-13(18)12(14)17-19/h4-6,19H,7H2,1-3H3,(H2,14,17). The summed E-state index contributed by atoms with van der Waals surface area (Å²) < 4.78 is 7.14. The van der Waals surface area contributed by atoms with Gasteiger partial charge in [0.15, 0.2) is 5.82 Å². The van der Waals surface area contributed by atoms with Gasteiger partial charge in [0.05, 0.1) is 19.3 Å². The van der Waals surface area contributed by atoms with Crippen molar-refractivity contribution >= 4 is 5.84 Å². The summed E-state index contributed by atoms with van der Waals surface area (Å²) in [5, 5.41) is 11.7.